The first-order valence-corrected chi connectivity index (χ1v) is 5.43. The van der Waals surface area contributed by atoms with E-state index < -0.39 is 10.1 Å². The Hall–Kier alpha value is -0.580. The molecule has 0 aliphatic rings. The zero-order valence-electron chi connectivity index (χ0n) is 8.06. The van der Waals surface area contributed by atoms with Crippen molar-refractivity contribution >= 4 is 22.5 Å². The van der Waals surface area contributed by atoms with E-state index in [2.05, 4.69) is 4.18 Å². The molecular weight excluding hydrogens is 224 g/mol. The molecule has 0 aliphatic heterocycles. The molecule has 0 saturated heterocycles. The van der Waals surface area contributed by atoms with E-state index in [0.29, 0.717) is 0 Å². The molecule has 0 N–H and O–H groups in total. The summed E-state index contributed by atoms with van der Waals surface area (Å²) in [4.78, 5) is 0.208. The van der Waals surface area contributed by atoms with E-state index in [1.165, 1.54) is 0 Å². The van der Waals surface area contributed by atoms with E-state index in [1.807, 2.05) is 6.92 Å². The van der Waals surface area contributed by atoms with Gasteiger partial charge in [0.1, 0.15) is 0 Å². The summed E-state index contributed by atoms with van der Waals surface area (Å²) in [6.07, 6.45) is 0. The van der Waals surface area contributed by atoms with Crippen LogP contribution < -0.4 is 0 Å². The fraction of sp³-hybridized carbons (Fsp3) is 0.333. The van der Waals surface area contributed by atoms with Crippen molar-refractivity contribution in [1.29, 1.82) is 0 Å². The summed E-state index contributed by atoms with van der Waals surface area (Å²) < 4.78 is 27.3. The number of rotatable bonds is 3. The van der Waals surface area contributed by atoms with E-state index in [4.69, 9.17) is 0 Å². The van der Waals surface area contributed by atoms with Gasteiger partial charge in [-0.2, -0.15) is 8.42 Å². The van der Waals surface area contributed by atoms with Gasteiger partial charge in [-0.15, -0.1) is 12.4 Å². The molecule has 0 radical (unpaired) electrons. The van der Waals surface area contributed by atoms with E-state index in [0.717, 1.165) is 5.56 Å². The van der Waals surface area contributed by atoms with Crippen LogP contribution in [-0.4, -0.2) is 15.0 Å². The molecule has 0 spiro atoms. The zero-order chi connectivity index (χ0) is 9.90. The monoisotopic (exact) mass is 236 g/mol. The Bertz CT molecular complexity index is 370. The Balaban J connectivity index is 0.00000169. The lowest BCUT2D eigenvalue weighted by atomic mass is 10.2. The first kappa shape index (κ1) is 13.4. The highest BCUT2D eigenvalue weighted by atomic mass is 35.5. The minimum absolute atomic E-state index is 0. The van der Waals surface area contributed by atoms with E-state index >= 15 is 0 Å². The molecule has 0 aliphatic carbocycles. The average molecular weight is 237 g/mol. The number of hydrogen-bond acceptors (Lipinski definition) is 3. The van der Waals surface area contributed by atoms with Crippen LogP contribution in [0.2, 0.25) is 0 Å². The highest BCUT2D eigenvalue weighted by Gasteiger charge is 2.12. The highest BCUT2D eigenvalue weighted by Crippen LogP contribution is 2.12. The van der Waals surface area contributed by atoms with E-state index in [9.17, 15) is 8.42 Å². The van der Waals surface area contributed by atoms with Gasteiger partial charge in [-0.1, -0.05) is 17.7 Å². The van der Waals surface area contributed by atoms with Gasteiger partial charge in [0.05, 0.1) is 11.5 Å². The van der Waals surface area contributed by atoms with Gasteiger partial charge < -0.3 is 0 Å². The van der Waals surface area contributed by atoms with Crippen molar-refractivity contribution in [3.05, 3.63) is 29.8 Å². The Labute approximate surface area is 90.6 Å². The number of aryl methyl sites for hydroxylation is 1. The van der Waals surface area contributed by atoms with Crippen LogP contribution in [0.4, 0.5) is 0 Å². The van der Waals surface area contributed by atoms with Crippen LogP contribution in [0.25, 0.3) is 0 Å². The van der Waals surface area contributed by atoms with Crippen LogP contribution in [0.3, 0.4) is 0 Å². The maximum atomic E-state index is 11.3. The van der Waals surface area contributed by atoms with Crippen molar-refractivity contribution in [2.75, 3.05) is 6.61 Å². The molecule has 0 bridgehead atoms. The molecule has 1 aromatic carbocycles. The van der Waals surface area contributed by atoms with Crippen LogP contribution >= 0.6 is 12.4 Å². The molecule has 0 fully saturated rings. The summed E-state index contributed by atoms with van der Waals surface area (Å²) in [5.41, 5.74) is 1.02. The third kappa shape index (κ3) is 3.29. The third-order valence-electron chi connectivity index (χ3n) is 1.58. The maximum Gasteiger partial charge on any atom is 0.296 e. The van der Waals surface area contributed by atoms with Crippen LogP contribution in [0.5, 0.6) is 0 Å². The Kier molecular flexibility index (Phi) is 5.12. The van der Waals surface area contributed by atoms with Crippen molar-refractivity contribution in [3.8, 4) is 0 Å². The molecule has 0 saturated carbocycles. The average Bonchev–Trinajstić information content (AvgIpc) is 2.05. The van der Waals surface area contributed by atoms with Crippen molar-refractivity contribution < 1.29 is 12.6 Å². The van der Waals surface area contributed by atoms with Gasteiger partial charge in [0, 0.05) is 0 Å². The molecule has 1 rings (SSSR count). The quantitative estimate of drug-likeness (QED) is 0.756. The Morgan fingerprint density at radius 1 is 1.21 bits per heavy atom. The summed E-state index contributed by atoms with van der Waals surface area (Å²) in [6, 6.07) is 6.57. The fourth-order valence-corrected chi connectivity index (χ4v) is 1.84. The van der Waals surface area contributed by atoms with Crippen LogP contribution in [0, 0.1) is 6.92 Å². The minimum atomic E-state index is -3.53. The molecule has 3 nitrogen and oxygen atoms in total. The smallest absolute Gasteiger partial charge is 0.267 e. The number of benzene rings is 1. The SMILES string of the molecule is CCOS(=O)(=O)c1ccc(C)cc1.Cl. The van der Waals surface area contributed by atoms with Crippen molar-refractivity contribution in [3.63, 3.8) is 0 Å². The van der Waals surface area contributed by atoms with Crippen molar-refractivity contribution in [2.45, 2.75) is 18.7 Å². The normalized spacial score (nSPS) is 10.7. The Morgan fingerprint density at radius 2 is 1.71 bits per heavy atom. The van der Waals surface area contributed by atoms with Gasteiger partial charge in [-0.25, -0.2) is 0 Å². The van der Waals surface area contributed by atoms with Crippen molar-refractivity contribution in [1.82, 2.24) is 0 Å². The van der Waals surface area contributed by atoms with E-state index in [1.54, 1.807) is 31.2 Å². The predicted octanol–water partition coefficient (Wildman–Crippen LogP) is 2.14. The molecule has 1 aromatic rings. The molecule has 0 amide bonds. The molecule has 0 unspecified atom stereocenters. The second kappa shape index (κ2) is 5.34. The topological polar surface area (TPSA) is 43.4 Å². The standard InChI is InChI=1S/C9H12O3S.ClH/c1-3-12-13(10,11)9-6-4-8(2)5-7-9;/h4-7H,3H2,1-2H3;1H. The van der Waals surface area contributed by atoms with Gasteiger partial charge in [0.2, 0.25) is 0 Å². The molecule has 5 heteroatoms. The van der Waals surface area contributed by atoms with Gasteiger partial charge in [-0.05, 0) is 26.0 Å². The van der Waals surface area contributed by atoms with Crippen LogP contribution in [0.15, 0.2) is 29.2 Å². The molecule has 80 valence electrons. The molecule has 14 heavy (non-hydrogen) atoms. The fourth-order valence-electron chi connectivity index (χ4n) is 0.928. The largest absolute Gasteiger partial charge is 0.296 e. The van der Waals surface area contributed by atoms with Gasteiger partial charge in [-0.3, -0.25) is 4.18 Å². The summed E-state index contributed by atoms with van der Waals surface area (Å²) in [6.45, 7) is 3.71. The van der Waals surface area contributed by atoms with E-state index in [-0.39, 0.29) is 23.9 Å². The first-order chi connectivity index (χ1) is 6.06. The second-order valence-corrected chi connectivity index (χ2v) is 4.29. The minimum Gasteiger partial charge on any atom is -0.267 e. The predicted molar refractivity (Wildman–Crippen MR) is 57.2 cm³/mol. The molecular formula is C9H13ClO3S. The summed E-state index contributed by atoms with van der Waals surface area (Å²) in [5.74, 6) is 0. The van der Waals surface area contributed by atoms with Gasteiger partial charge in [0.15, 0.2) is 0 Å². The Morgan fingerprint density at radius 3 is 2.14 bits per heavy atom. The van der Waals surface area contributed by atoms with Crippen LogP contribution in [-0.2, 0) is 14.3 Å². The summed E-state index contributed by atoms with van der Waals surface area (Å²) in [5, 5.41) is 0. The van der Waals surface area contributed by atoms with Gasteiger partial charge in [0.25, 0.3) is 10.1 Å². The number of halogens is 1. The summed E-state index contributed by atoms with van der Waals surface area (Å²) in [7, 11) is -3.53. The maximum absolute atomic E-state index is 11.3. The third-order valence-corrected chi connectivity index (χ3v) is 2.98. The second-order valence-electron chi connectivity index (χ2n) is 2.67. The van der Waals surface area contributed by atoms with Crippen LogP contribution in [0.1, 0.15) is 12.5 Å². The van der Waals surface area contributed by atoms with Gasteiger partial charge >= 0.3 is 0 Å². The lowest BCUT2D eigenvalue weighted by Gasteiger charge is -2.02. The molecule has 0 heterocycles. The number of hydrogen-bond donors (Lipinski definition) is 0. The molecule has 0 atom stereocenters. The first-order valence-electron chi connectivity index (χ1n) is 4.02. The van der Waals surface area contributed by atoms with Crippen molar-refractivity contribution in [2.24, 2.45) is 0 Å². The zero-order valence-corrected chi connectivity index (χ0v) is 9.69. The molecule has 0 aromatic heterocycles. The summed E-state index contributed by atoms with van der Waals surface area (Å²) >= 11 is 0. The lowest BCUT2D eigenvalue weighted by Crippen LogP contribution is -2.05. The lowest BCUT2D eigenvalue weighted by molar-refractivity contribution is 0.338. The highest BCUT2D eigenvalue weighted by molar-refractivity contribution is 7.86.